The van der Waals surface area contributed by atoms with E-state index in [9.17, 15) is 0 Å². The lowest BCUT2D eigenvalue weighted by molar-refractivity contribution is -0.0391. The minimum Gasteiger partial charge on any atom is -0.483 e. The van der Waals surface area contributed by atoms with Crippen molar-refractivity contribution in [3.05, 3.63) is 0 Å². The highest BCUT2D eigenvalue weighted by Crippen LogP contribution is 2.19. The number of aliphatic imine (C=N–C) groups is 1. The molecule has 2 unspecified atom stereocenters. The van der Waals surface area contributed by atoms with Crippen molar-refractivity contribution < 1.29 is 9.47 Å². The average Bonchev–Trinajstić information content (AvgIpc) is 2.16. The van der Waals surface area contributed by atoms with Gasteiger partial charge in [-0.3, -0.25) is 9.89 Å². The number of nitrogens with zero attached hydrogens (tertiary/aromatic N) is 2. The number of methoxy groups -OCH3 is 2. The van der Waals surface area contributed by atoms with Crippen LogP contribution in [0.5, 0.6) is 0 Å². The highest BCUT2D eigenvalue weighted by Gasteiger charge is 2.33. The lowest BCUT2D eigenvalue weighted by atomic mass is 10.0. The van der Waals surface area contributed by atoms with Gasteiger partial charge in [-0.1, -0.05) is 13.8 Å². The summed E-state index contributed by atoms with van der Waals surface area (Å²) in [6.07, 6.45) is 0.0706. The van der Waals surface area contributed by atoms with E-state index in [4.69, 9.17) is 9.47 Å². The largest absolute Gasteiger partial charge is 0.483 e. The number of ether oxygens (including phenoxy) is 2. The van der Waals surface area contributed by atoms with Crippen LogP contribution in [-0.4, -0.2) is 50.9 Å². The fourth-order valence-electron chi connectivity index (χ4n) is 1.93. The van der Waals surface area contributed by atoms with Gasteiger partial charge >= 0.3 is 0 Å². The van der Waals surface area contributed by atoms with Crippen LogP contribution in [0.3, 0.4) is 0 Å². The lowest BCUT2D eigenvalue weighted by Gasteiger charge is -2.38. The lowest BCUT2D eigenvalue weighted by Crippen LogP contribution is -2.53. The molecule has 0 fully saturated rings. The van der Waals surface area contributed by atoms with Crippen molar-refractivity contribution in [1.82, 2.24) is 4.90 Å². The quantitative estimate of drug-likeness (QED) is 0.666. The minimum absolute atomic E-state index is 0.0706. The Kier molecular flexibility index (Phi) is 3.89. The molecular weight excluding hydrogens is 180 g/mol. The first-order valence-corrected chi connectivity index (χ1v) is 4.94. The van der Waals surface area contributed by atoms with Gasteiger partial charge in [0.15, 0.2) is 0 Å². The van der Waals surface area contributed by atoms with Gasteiger partial charge in [0.05, 0.1) is 19.7 Å². The van der Waals surface area contributed by atoms with E-state index in [1.54, 1.807) is 14.2 Å². The number of rotatable bonds is 2. The van der Waals surface area contributed by atoms with Crippen LogP contribution in [0, 0.1) is 5.92 Å². The van der Waals surface area contributed by atoms with Crippen LogP contribution in [0.2, 0.25) is 0 Å². The third-order valence-electron chi connectivity index (χ3n) is 2.66. The summed E-state index contributed by atoms with van der Waals surface area (Å²) in [5, 5.41) is 0. The number of likely N-dealkylation sites (N-methyl/N-ethyl adjacent to an activating group) is 1. The summed E-state index contributed by atoms with van der Waals surface area (Å²) >= 11 is 0. The highest BCUT2D eigenvalue weighted by molar-refractivity contribution is 5.82. The van der Waals surface area contributed by atoms with Crippen molar-refractivity contribution in [3.8, 4) is 0 Å². The Bertz CT molecular complexity index is 216. The third-order valence-corrected chi connectivity index (χ3v) is 2.66. The Hall–Kier alpha value is -0.610. The second-order valence-electron chi connectivity index (χ2n) is 3.93. The van der Waals surface area contributed by atoms with Crippen molar-refractivity contribution in [3.63, 3.8) is 0 Å². The summed E-state index contributed by atoms with van der Waals surface area (Å²) in [5.74, 6) is 1.28. The molecule has 0 aliphatic carbocycles. The van der Waals surface area contributed by atoms with Crippen LogP contribution in [0.25, 0.3) is 0 Å². The molecule has 0 aromatic carbocycles. The van der Waals surface area contributed by atoms with Crippen LogP contribution < -0.4 is 0 Å². The molecule has 4 nitrogen and oxygen atoms in total. The SMILES string of the molecule is COC1=NCC(OC)N(C)C1C(C)C. The molecule has 0 spiro atoms. The van der Waals surface area contributed by atoms with Crippen LogP contribution >= 0.6 is 0 Å². The first-order valence-electron chi connectivity index (χ1n) is 4.94. The number of hydrogen-bond donors (Lipinski definition) is 0. The Balaban J connectivity index is 2.84. The fraction of sp³-hybridized carbons (Fsp3) is 0.900. The topological polar surface area (TPSA) is 34.1 Å². The van der Waals surface area contributed by atoms with E-state index in [1.165, 1.54) is 0 Å². The Labute approximate surface area is 85.9 Å². The molecule has 1 aliphatic heterocycles. The van der Waals surface area contributed by atoms with Crippen molar-refractivity contribution in [1.29, 1.82) is 0 Å². The summed E-state index contributed by atoms with van der Waals surface area (Å²) in [7, 11) is 5.44. The van der Waals surface area contributed by atoms with E-state index in [-0.39, 0.29) is 12.3 Å². The van der Waals surface area contributed by atoms with Gasteiger partial charge in [0, 0.05) is 7.11 Å². The van der Waals surface area contributed by atoms with E-state index in [0.717, 1.165) is 5.90 Å². The first kappa shape index (κ1) is 11.5. The van der Waals surface area contributed by atoms with E-state index in [2.05, 4.69) is 23.7 Å². The summed E-state index contributed by atoms with van der Waals surface area (Å²) in [4.78, 5) is 6.56. The molecule has 1 rings (SSSR count). The van der Waals surface area contributed by atoms with Crippen molar-refractivity contribution in [2.75, 3.05) is 27.8 Å². The van der Waals surface area contributed by atoms with Gasteiger partial charge < -0.3 is 9.47 Å². The molecule has 1 aliphatic rings. The van der Waals surface area contributed by atoms with Gasteiger partial charge in [0.1, 0.15) is 6.23 Å². The molecule has 0 saturated carbocycles. The zero-order valence-corrected chi connectivity index (χ0v) is 9.65. The Morgan fingerprint density at radius 3 is 2.50 bits per heavy atom. The minimum atomic E-state index is 0.0706. The van der Waals surface area contributed by atoms with Crippen molar-refractivity contribution in [2.24, 2.45) is 10.9 Å². The van der Waals surface area contributed by atoms with E-state index in [1.807, 2.05) is 7.05 Å². The van der Waals surface area contributed by atoms with Crippen LogP contribution in [0.4, 0.5) is 0 Å². The molecular formula is C10H20N2O2. The summed E-state index contributed by atoms with van der Waals surface area (Å²) in [5.41, 5.74) is 0. The van der Waals surface area contributed by atoms with E-state index < -0.39 is 0 Å². The molecule has 0 bridgehead atoms. The molecule has 14 heavy (non-hydrogen) atoms. The monoisotopic (exact) mass is 200 g/mol. The maximum Gasteiger partial charge on any atom is 0.201 e. The standard InChI is InChI=1S/C10H20N2O2/c1-7(2)9-10(14-5)11-6-8(13-4)12(9)3/h7-9H,6H2,1-5H3. The zero-order chi connectivity index (χ0) is 10.7. The van der Waals surface area contributed by atoms with E-state index >= 15 is 0 Å². The predicted octanol–water partition coefficient (Wildman–Crippen LogP) is 0.974. The highest BCUT2D eigenvalue weighted by atomic mass is 16.5. The summed E-state index contributed by atoms with van der Waals surface area (Å²) < 4.78 is 10.6. The fourth-order valence-corrected chi connectivity index (χ4v) is 1.93. The molecule has 0 aromatic rings. The second kappa shape index (κ2) is 4.75. The molecule has 0 saturated heterocycles. The molecule has 0 aromatic heterocycles. The normalized spacial score (nSPS) is 29.1. The van der Waals surface area contributed by atoms with Gasteiger partial charge in [0.2, 0.25) is 5.90 Å². The molecule has 0 amide bonds. The molecule has 82 valence electrons. The zero-order valence-electron chi connectivity index (χ0n) is 9.65. The van der Waals surface area contributed by atoms with Crippen molar-refractivity contribution >= 4 is 5.90 Å². The Morgan fingerprint density at radius 1 is 1.43 bits per heavy atom. The first-order chi connectivity index (χ1) is 6.61. The second-order valence-corrected chi connectivity index (χ2v) is 3.93. The third kappa shape index (κ3) is 2.07. The van der Waals surface area contributed by atoms with E-state index in [0.29, 0.717) is 12.5 Å². The maximum atomic E-state index is 5.34. The number of hydrogen-bond acceptors (Lipinski definition) is 4. The Morgan fingerprint density at radius 2 is 2.07 bits per heavy atom. The molecule has 1 heterocycles. The van der Waals surface area contributed by atoms with Gasteiger partial charge in [0.25, 0.3) is 0 Å². The molecule has 2 atom stereocenters. The summed E-state index contributed by atoms with van der Waals surface area (Å²) in [6, 6.07) is 0.221. The van der Waals surface area contributed by atoms with Crippen LogP contribution in [0.1, 0.15) is 13.8 Å². The molecule has 4 heteroatoms. The van der Waals surface area contributed by atoms with Gasteiger partial charge in [-0.15, -0.1) is 0 Å². The molecule has 0 N–H and O–H groups in total. The summed E-state index contributed by atoms with van der Waals surface area (Å²) in [6.45, 7) is 4.97. The van der Waals surface area contributed by atoms with Crippen LogP contribution in [-0.2, 0) is 9.47 Å². The maximum absolute atomic E-state index is 5.34. The van der Waals surface area contributed by atoms with Crippen LogP contribution in [0.15, 0.2) is 4.99 Å². The van der Waals surface area contributed by atoms with Gasteiger partial charge in [-0.25, -0.2) is 0 Å². The van der Waals surface area contributed by atoms with Gasteiger partial charge in [-0.05, 0) is 13.0 Å². The average molecular weight is 200 g/mol. The van der Waals surface area contributed by atoms with Gasteiger partial charge in [-0.2, -0.15) is 0 Å². The van der Waals surface area contributed by atoms with Crippen molar-refractivity contribution in [2.45, 2.75) is 26.1 Å². The molecule has 0 radical (unpaired) electrons. The predicted molar refractivity (Wildman–Crippen MR) is 56.5 cm³/mol. The smallest absolute Gasteiger partial charge is 0.201 e.